The topological polar surface area (TPSA) is 90.6 Å². The summed E-state index contributed by atoms with van der Waals surface area (Å²) in [4.78, 5) is 12.4. The molecular weight excluding hydrogens is 402 g/mol. The molecule has 0 fully saturated rings. The largest absolute Gasteiger partial charge is 0.486 e. The van der Waals surface area contributed by atoms with Crippen molar-refractivity contribution < 1.29 is 14.3 Å². The van der Waals surface area contributed by atoms with Crippen molar-refractivity contribution >= 4 is 23.4 Å². The predicted octanol–water partition coefficient (Wildman–Crippen LogP) is 3.03. The minimum absolute atomic E-state index is 0.264. The van der Waals surface area contributed by atoms with Gasteiger partial charge in [-0.05, 0) is 42.8 Å². The van der Waals surface area contributed by atoms with E-state index >= 15 is 0 Å². The van der Waals surface area contributed by atoms with Gasteiger partial charge in [0, 0.05) is 23.9 Å². The third-order valence-corrected chi connectivity index (χ3v) is 5.64. The number of benzene rings is 2. The number of fused-ring (bicyclic) bond motifs is 1. The van der Waals surface area contributed by atoms with Crippen LogP contribution in [0.15, 0.2) is 59.0 Å². The summed E-state index contributed by atoms with van der Waals surface area (Å²) in [6.45, 7) is 2.90. The summed E-state index contributed by atoms with van der Waals surface area (Å²) in [5.74, 6) is 1.89. The van der Waals surface area contributed by atoms with Crippen LogP contribution in [0.2, 0.25) is 0 Å². The Labute approximate surface area is 178 Å². The summed E-state index contributed by atoms with van der Waals surface area (Å²) in [7, 11) is 1.91. The summed E-state index contributed by atoms with van der Waals surface area (Å²) in [6.07, 6.45) is 1.67. The quantitative estimate of drug-likeness (QED) is 0.372. The molecule has 154 valence electrons. The molecule has 4 rings (SSSR count). The van der Waals surface area contributed by atoms with Crippen molar-refractivity contribution in [3.8, 4) is 11.5 Å². The first kappa shape index (κ1) is 20.0. The van der Waals surface area contributed by atoms with E-state index in [1.165, 1.54) is 0 Å². The summed E-state index contributed by atoms with van der Waals surface area (Å²) in [6, 6.07) is 13.0. The van der Waals surface area contributed by atoms with Gasteiger partial charge in [0.15, 0.2) is 16.7 Å². The highest BCUT2D eigenvalue weighted by atomic mass is 32.2. The van der Waals surface area contributed by atoms with Crippen molar-refractivity contribution in [2.24, 2.45) is 12.1 Å². The smallest absolute Gasteiger partial charge is 0.271 e. The average Bonchev–Trinajstić information content (AvgIpc) is 3.20. The van der Waals surface area contributed by atoms with Crippen molar-refractivity contribution in [1.82, 2.24) is 20.2 Å². The third-order valence-electron chi connectivity index (χ3n) is 4.54. The number of rotatable bonds is 6. The molecule has 1 aliphatic rings. The fourth-order valence-electron chi connectivity index (χ4n) is 2.84. The molecule has 1 aliphatic heterocycles. The highest BCUT2D eigenvalue weighted by molar-refractivity contribution is 7.98. The van der Waals surface area contributed by atoms with E-state index in [0.717, 1.165) is 27.8 Å². The number of nitrogens with one attached hydrogen (secondary N) is 1. The highest BCUT2D eigenvalue weighted by Crippen LogP contribution is 2.30. The van der Waals surface area contributed by atoms with E-state index in [9.17, 15) is 4.79 Å². The van der Waals surface area contributed by atoms with Crippen molar-refractivity contribution in [3.63, 3.8) is 0 Å². The van der Waals surface area contributed by atoms with Crippen molar-refractivity contribution in [1.29, 1.82) is 0 Å². The second-order valence-corrected chi connectivity index (χ2v) is 7.65. The predicted molar refractivity (Wildman–Crippen MR) is 114 cm³/mol. The van der Waals surface area contributed by atoms with Gasteiger partial charge < -0.3 is 14.0 Å². The molecule has 0 bridgehead atoms. The van der Waals surface area contributed by atoms with E-state index in [-0.39, 0.29) is 5.91 Å². The van der Waals surface area contributed by atoms with Gasteiger partial charge in [0.25, 0.3) is 5.91 Å². The molecular formula is C21H21N5O3S. The monoisotopic (exact) mass is 423 g/mol. The minimum atomic E-state index is -0.264. The zero-order valence-electron chi connectivity index (χ0n) is 16.7. The molecule has 0 atom stereocenters. The van der Waals surface area contributed by atoms with Gasteiger partial charge in [-0.3, -0.25) is 4.79 Å². The van der Waals surface area contributed by atoms with Crippen LogP contribution >= 0.6 is 11.8 Å². The molecule has 1 aromatic heterocycles. The third kappa shape index (κ3) is 4.62. The van der Waals surface area contributed by atoms with E-state index in [4.69, 9.17) is 9.47 Å². The van der Waals surface area contributed by atoms with Gasteiger partial charge in [-0.1, -0.05) is 23.9 Å². The van der Waals surface area contributed by atoms with E-state index in [0.29, 0.717) is 30.2 Å². The minimum Gasteiger partial charge on any atom is -0.486 e. The van der Waals surface area contributed by atoms with Gasteiger partial charge in [-0.2, -0.15) is 5.10 Å². The van der Waals surface area contributed by atoms with Gasteiger partial charge in [0.05, 0.1) is 5.71 Å². The Morgan fingerprint density at radius 3 is 2.60 bits per heavy atom. The number of hydrogen-bond donors (Lipinski definition) is 1. The summed E-state index contributed by atoms with van der Waals surface area (Å²) in [5.41, 5.74) is 5.78. The Balaban J connectivity index is 1.35. The molecule has 2 heterocycles. The van der Waals surface area contributed by atoms with Crippen LogP contribution in [0.4, 0.5) is 0 Å². The second-order valence-electron chi connectivity index (χ2n) is 6.71. The fraction of sp³-hybridized carbons (Fsp3) is 0.238. The molecule has 2 aromatic carbocycles. The molecule has 0 saturated heterocycles. The zero-order chi connectivity index (χ0) is 20.9. The number of hydrazone groups is 1. The number of thioether (sulfide) groups is 1. The normalized spacial score (nSPS) is 13.2. The maximum absolute atomic E-state index is 12.4. The maximum Gasteiger partial charge on any atom is 0.271 e. The molecule has 0 unspecified atom stereocenters. The number of amides is 1. The lowest BCUT2D eigenvalue weighted by Crippen LogP contribution is -2.19. The van der Waals surface area contributed by atoms with E-state index in [1.807, 2.05) is 48.9 Å². The lowest BCUT2D eigenvalue weighted by atomic mass is 10.1. The van der Waals surface area contributed by atoms with Crippen LogP contribution in [0.25, 0.3) is 0 Å². The zero-order valence-corrected chi connectivity index (χ0v) is 17.5. The number of carbonyl (C=O) groups is 1. The number of carbonyl (C=O) groups excluding carboxylic acids is 1. The lowest BCUT2D eigenvalue weighted by Gasteiger charge is -2.18. The van der Waals surface area contributed by atoms with Crippen LogP contribution in [0.5, 0.6) is 11.5 Å². The number of aryl methyl sites for hydroxylation is 1. The number of ether oxygens (including phenoxy) is 2. The van der Waals surface area contributed by atoms with Crippen molar-refractivity contribution in [2.75, 3.05) is 13.2 Å². The average molecular weight is 423 g/mol. The van der Waals surface area contributed by atoms with Gasteiger partial charge in [-0.25, -0.2) is 5.43 Å². The van der Waals surface area contributed by atoms with Crippen LogP contribution in [0.1, 0.15) is 28.4 Å². The van der Waals surface area contributed by atoms with Gasteiger partial charge in [0.1, 0.15) is 19.5 Å². The Morgan fingerprint density at radius 1 is 1.13 bits per heavy atom. The molecule has 9 heteroatoms. The van der Waals surface area contributed by atoms with E-state index in [1.54, 1.807) is 30.2 Å². The van der Waals surface area contributed by atoms with Crippen LogP contribution in [-0.2, 0) is 12.8 Å². The number of aromatic nitrogens is 3. The highest BCUT2D eigenvalue weighted by Gasteiger charge is 2.13. The van der Waals surface area contributed by atoms with Crippen molar-refractivity contribution in [3.05, 3.63) is 65.5 Å². The second kappa shape index (κ2) is 9.00. The molecule has 0 spiro atoms. The standard InChI is InChI=1S/C21H21N5O3S/c1-14(17-7-8-18-19(11-17)29-10-9-28-18)23-24-20(27)16-5-3-15(4-6-16)12-30-21-25-22-13-26(21)2/h3-8,11,13H,9-10,12H2,1-2H3,(H,24,27). The Bertz CT molecular complexity index is 1080. The molecule has 3 aromatic rings. The van der Waals surface area contributed by atoms with Gasteiger partial charge in [0.2, 0.25) is 0 Å². The van der Waals surface area contributed by atoms with Gasteiger partial charge >= 0.3 is 0 Å². The van der Waals surface area contributed by atoms with E-state index < -0.39 is 0 Å². The molecule has 0 saturated carbocycles. The lowest BCUT2D eigenvalue weighted by molar-refractivity contribution is 0.0955. The Morgan fingerprint density at radius 2 is 1.87 bits per heavy atom. The molecule has 1 amide bonds. The van der Waals surface area contributed by atoms with Crippen molar-refractivity contribution in [2.45, 2.75) is 17.8 Å². The van der Waals surface area contributed by atoms with Crippen LogP contribution in [-0.4, -0.2) is 39.6 Å². The fourth-order valence-corrected chi connectivity index (χ4v) is 3.68. The molecule has 0 aliphatic carbocycles. The number of nitrogens with zero attached hydrogens (tertiary/aromatic N) is 4. The van der Waals surface area contributed by atoms with E-state index in [2.05, 4.69) is 20.7 Å². The summed E-state index contributed by atoms with van der Waals surface area (Å²) >= 11 is 1.59. The Kier molecular flexibility index (Phi) is 5.99. The van der Waals surface area contributed by atoms with Crippen LogP contribution < -0.4 is 14.9 Å². The molecule has 8 nitrogen and oxygen atoms in total. The summed E-state index contributed by atoms with van der Waals surface area (Å²) < 4.78 is 13.0. The molecule has 1 N–H and O–H groups in total. The summed E-state index contributed by atoms with van der Waals surface area (Å²) in [5, 5.41) is 13.0. The first-order valence-electron chi connectivity index (χ1n) is 9.40. The molecule has 30 heavy (non-hydrogen) atoms. The van der Waals surface area contributed by atoms with Crippen LogP contribution in [0, 0.1) is 0 Å². The first-order chi connectivity index (χ1) is 14.6. The first-order valence-corrected chi connectivity index (χ1v) is 10.4. The maximum atomic E-state index is 12.4. The van der Waals surface area contributed by atoms with Gasteiger partial charge in [-0.15, -0.1) is 10.2 Å². The molecule has 0 radical (unpaired) electrons. The number of hydrogen-bond acceptors (Lipinski definition) is 7. The SMILES string of the molecule is CC(=NNC(=O)c1ccc(CSc2nncn2C)cc1)c1ccc2c(c1)OCCO2. The van der Waals surface area contributed by atoms with Crippen LogP contribution in [0.3, 0.4) is 0 Å². The Hall–Kier alpha value is -3.33.